The molecule has 2 nitrogen and oxygen atoms in total. The molecule has 1 aromatic heterocycles. The summed E-state index contributed by atoms with van der Waals surface area (Å²) >= 11 is 1.66. The highest BCUT2D eigenvalue weighted by Crippen LogP contribution is 2.25. The second-order valence-corrected chi connectivity index (χ2v) is 4.87. The van der Waals surface area contributed by atoms with Gasteiger partial charge in [0.05, 0.1) is 5.69 Å². The van der Waals surface area contributed by atoms with Crippen molar-refractivity contribution in [3.8, 4) is 11.3 Å². The molecule has 0 unspecified atom stereocenters. The zero-order chi connectivity index (χ0) is 12.1. The molecule has 0 atom stereocenters. The van der Waals surface area contributed by atoms with Crippen molar-refractivity contribution in [3.05, 3.63) is 35.2 Å². The third-order valence-electron chi connectivity index (χ3n) is 2.62. The van der Waals surface area contributed by atoms with Gasteiger partial charge in [0.15, 0.2) is 5.13 Å². The van der Waals surface area contributed by atoms with E-state index in [0.29, 0.717) is 0 Å². The summed E-state index contributed by atoms with van der Waals surface area (Å²) in [4.78, 5) is 4.55. The molecule has 0 amide bonds. The zero-order valence-electron chi connectivity index (χ0n) is 10.4. The van der Waals surface area contributed by atoms with Gasteiger partial charge < -0.3 is 5.32 Å². The molecular weight excluding hydrogens is 228 g/mol. The van der Waals surface area contributed by atoms with Crippen molar-refractivity contribution >= 4 is 16.5 Å². The summed E-state index contributed by atoms with van der Waals surface area (Å²) in [6, 6.07) is 8.72. The average Bonchev–Trinajstić information content (AvgIpc) is 2.80. The molecule has 1 N–H and O–H groups in total. The topological polar surface area (TPSA) is 24.9 Å². The average molecular weight is 246 g/mol. The minimum atomic E-state index is 0.919. The fraction of sp³-hybridized carbons (Fsp3) is 0.357. The predicted octanol–water partition coefficient (Wildman–Crippen LogP) is 4.19. The van der Waals surface area contributed by atoms with Gasteiger partial charge in [-0.15, -0.1) is 11.3 Å². The van der Waals surface area contributed by atoms with E-state index in [1.54, 1.807) is 11.3 Å². The maximum atomic E-state index is 4.55. The first kappa shape index (κ1) is 12.1. The Bertz CT molecular complexity index is 459. The fourth-order valence-electron chi connectivity index (χ4n) is 1.77. The minimum absolute atomic E-state index is 0.919. The molecule has 1 heterocycles. The number of anilines is 1. The molecule has 0 fully saturated rings. The lowest BCUT2D eigenvalue weighted by atomic mass is 10.1. The highest BCUT2D eigenvalue weighted by Gasteiger charge is 2.03. The van der Waals surface area contributed by atoms with E-state index >= 15 is 0 Å². The monoisotopic (exact) mass is 246 g/mol. The van der Waals surface area contributed by atoms with E-state index in [4.69, 9.17) is 0 Å². The molecule has 3 heteroatoms. The molecule has 0 saturated heterocycles. The first-order chi connectivity index (χ1) is 8.33. The number of nitrogens with one attached hydrogen (secondary N) is 1. The second-order valence-electron chi connectivity index (χ2n) is 4.02. The number of benzene rings is 1. The van der Waals surface area contributed by atoms with E-state index < -0.39 is 0 Å². The number of hydrogen-bond acceptors (Lipinski definition) is 3. The largest absolute Gasteiger partial charge is 0.362 e. The SMILES string of the molecule is CCCc1ccc(-c2csc(NCC)n2)cc1. The van der Waals surface area contributed by atoms with E-state index in [1.165, 1.54) is 17.5 Å². The summed E-state index contributed by atoms with van der Waals surface area (Å²) in [5, 5.41) is 6.34. The first-order valence-electron chi connectivity index (χ1n) is 6.12. The Morgan fingerprint density at radius 2 is 1.94 bits per heavy atom. The van der Waals surface area contributed by atoms with Crippen LogP contribution in [-0.4, -0.2) is 11.5 Å². The van der Waals surface area contributed by atoms with Crippen LogP contribution in [0.4, 0.5) is 5.13 Å². The maximum Gasteiger partial charge on any atom is 0.183 e. The summed E-state index contributed by atoms with van der Waals surface area (Å²) in [7, 11) is 0. The van der Waals surface area contributed by atoms with Crippen molar-refractivity contribution in [2.24, 2.45) is 0 Å². The number of aromatic nitrogens is 1. The van der Waals surface area contributed by atoms with E-state index in [-0.39, 0.29) is 0 Å². The summed E-state index contributed by atoms with van der Waals surface area (Å²) in [6.45, 7) is 5.21. The van der Waals surface area contributed by atoms with Crippen molar-refractivity contribution in [1.82, 2.24) is 4.98 Å². The smallest absolute Gasteiger partial charge is 0.183 e. The number of aryl methyl sites for hydroxylation is 1. The summed E-state index contributed by atoms with van der Waals surface area (Å²) in [6.07, 6.45) is 2.35. The highest BCUT2D eigenvalue weighted by atomic mass is 32.1. The Hall–Kier alpha value is -1.35. The van der Waals surface area contributed by atoms with E-state index in [1.807, 2.05) is 0 Å². The third-order valence-corrected chi connectivity index (χ3v) is 3.42. The molecule has 0 bridgehead atoms. The zero-order valence-corrected chi connectivity index (χ0v) is 11.2. The molecule has 90 valence electrons. The van der Waals surface area contributed by atoms with Gasteiger partial charge in [0.2, 0.25) is 0 Å². The molecular formula is C14H18N2S. The van der Waals surface area contributed by atoms with Gasteiger partial charge >= 0.3 is 0 Å². The van der Waals surface area contributed by atoms with Crippen molar-refractivity contribution in [1.29, 1.82) is 0 Å². The molecule has 17 heavy (non-hydrogen) atoms. The highest BCUT2D eigenvalue weighted by molar-refractivity contribution is 7.14. The molecule has 0 spiro atoms. The number of nitrogens with zero attached hydrogens (tertiary/aromatic N) is 1. The Kier molecular flexibility index (Phi) is 4.15. The lowest BCUT2D eigenvalue weighted by molar-refractivity contribution is 0.922. The summed E-state index contributed by atoms with van der Waals surface area (Å²) < 4.78 is 0. The van der Waals surface area contributed by atoms with Gasteiger partial charge in [-0.2, -0.15) is 0 Å². The Labute approximate surface area is 107 Å². The van der Waals surface area contributed by atoms with Crippen molar-refractivity contribution in [3.63, 3.8) is 0 Å². The van der Waals surface area contributed by atoms with Crippen molar-refractivity contribution in [2.75, 3.05) is 11.9 Å². The Morgan fingerprint density at radius 3 is 2.59 bits per heavy atom. The molecule has 2 aromatic rings. The maximum absolute atomic E-state index is 4.55. The lowest BCUT2D eigenvalue weighted by Crippen LogP contribution is -1.94. The molecule has 0 aliphatic carbocycles. The van der Waals surface area contributed by atoms with Gasteiger partial charge in [-0.1, -0.05) is 37.6 Å². The van der Waals surface area contributed by atoms with E-state index in [9.17, 15) is 0 Å². The van der Waals surface area contributed by atoms with Crippen LogP contribution in [0.5, 0.6) is 0 Å². The normalized spacial score (nSPS) is 10.5. The molecule has 0 aliphatic rings. The quantitative estimate of drug-likeness (QED) is 0.855. The fourth-order valence-corrected chi connectivity index (χ4v) is 2.56. The lowest BCUT2D eigenvalue weighted by Gasteiger charge is -2.00. The third kappa shape index (κ3) is 3.07. The molecule has 0 saturated carbocycles. The van der Waals surface area contributed by atoms with Crippen LogP contribution in [0.15, 0.2) is 29.6 Å². The van der Waals surface area contributed by atoms with Crippen LogP contribution in [0, 0.1) is 0 Å². The van der Waals surface area contributed by atoms with Gasteiger partial charge in [0.1, 0.15) is 0 Å². The van der Waals surface area contributed by atoms with Gasteiger partial charge in [-0.05, 0) is 18.9 Å². The summed E-state index contributed by atoms with van der Waals surface area (Å²) in [5.74, 6) is 0. The predicted molar refractivity (Wildman–Crippen MR) is 75.7 cm³/mol. The van der Waals surface area contributed by atoms with Crippen LogP contribution in [-0.2, 0) is 6.42 Å². The van der Waals surface area contributed by atoms with Gasteiger partial charge in [0.25, 0.3) is 0 Å². The van der Waals surface area contributed by atoms with Gasteiger partial charge in [0, 0.05) is 17.5 Å². The summed E-state index contributed by atoms with van der Waals surface area (Å²) in [5.41, 5.74) is 3.66. The molecule has 0 radical (unpaired) electrons. The first-order valence-corrected chi connectivity index (χ1v) is 7.00. The number of hydrogen-bond donors (Lipinski definition) is 1. The van der Waals surface area contributed by atoms with Crippen LogP contribution in [0.3, 0.4) is 0 Å². The standard InChI is InChI=1S/C14H18N2S/c1-3-5-11-6-8-12(9-7-11)13-10-17-14(16-13)15-4-2/h6-10H,3-5H2,1-2H3,(H,15,16). The van der Waals surface area contributed by atoms with Crippen LogP contribution in [0.2, 0.25) is 0 Å². The van der Waals surface area contributed by atoms with Crippen LogP contribution < -0.4 is 5.32 Å². The Balaban J connectivity index is 2.15. The van der Waals surface area contributed by atoms with E-state index in [2.05, 4.69) is 53.8 Å². The van der Waals surface area contributed by atoms with Crippen LogP contribution in [0.25, 0.3) is 11.3 Å². The number of rotatable bonds is 5. The van der Waals surface area contributed by atoms with Crippen LogP contribution >= 0.6 is 11.3 Å². The van der Waals surface area contributed by atoms with Crippen molar-refractivity contribution < 1.29 is 0 Å². The minimum Gasteiger partial charge on any atom is -0.362 e. The number of thiazole rings is 1. The van der Waals surface area contributed by atoms with Gasteiger partial charge in [-0.25, -0.2) is 4.98 Å². The Morgan fingerprint density at radius 1 is 1.18 bits per heavy atom. The molecule has 2 rings (SSSR count). The van der Waals surface area contributed by atoms with Gasteiger partial charge in [-0.3, -0.25) is 0 Å². The van der Waals surface area contributed by atoms with Crippen LogP contribution in [0.1, 0.15) is 25.8 Å². The second kappa shape index (κ2) is 5.82. The van der Waals surface area contributed by atoms with E-state index in [0.717, 1.165) is 23.8 Å². The van der Waals surface area contributed by atoms with Crippen molar-refractivity contribution in [2.45, 2.75) is 26.7 Å². The molecule has 0 aliphatic heterocycles. The molecule has 1 aromatic carbocycles.